The van der Waals surface area contributed by atoms with Crippen molar-refractivity contribution >= 4 is 11.9 Å². The molecule has 1 amide bonds. The Morgan fingerprint density at radius 2 is 1.64 bits per heavy atom. The van der Waals surface area contributed by atoms with Gasteiger partial charge in [0.05, 0.1) is 26.2 Å². The van der Waals surface area contributed by atoms with E-state index in [2.05, 4.69) is 53.3 Å². The Hall–Kier alpha value is -2.66. The molecule has 0 radical (unpaired) electrons. The summed E-state index contributed by atoms with van der Waals surface area (Å²) in [6.07, 6.45) is 1.06. The first kappa shape index (κ1) is 20.1. The van der Waals surface area contributed by atoms with Gasteiger partial charge in [0.2, 0.25) is 5.91 Å². The first-order valence-electron chi connectivity index (χ1n) is 9.73. The van der Waals surface area contributed by atoms with Gasteiger partial charge in [0.15, 0.2) is 0 Å². The number of esters is 1. The van der Waals surface area contributed by atoms with Gasteiger partial charge < -0.3 is 14.4 Å². The molecule has 2 aromatic rings. The van der Waals surface area contributed by atoms with Gasteiger partial charge in [-0.25, -0.2) is 0 Å². The van der Waals surface area contributed by atoms with Crippen LogP contribution in [0.3, 0.4) is 0 Å². The number of rotatable bonds is 7. The summed E-state index contributed by atoms with van der Waals surface area (Å²) in [4.78, 5) is 25.6. The summed E-state index contributed by atoms with van der Waals surface area (Å²) in [6.45, 7) is 1.64. The van der Waals surface area contributed by atoms with E-state index >= 15 is 0 Å². The molecule has 0 bridgehead atoms. The molecule has 5 nitrogen and oxygen atoms in total. The van der Waals surface area contributed by atoms with E-state index in [1.54, 1.807) is 0 Å². The number of nitrogens with zero attached hydrogens (tertiary/aromatic N) is 1. The highest BCUT2D eigenvalue weighted by Gasteiger charge is 2.28. The lowest BCUT2D eigenvalue weighted by Crippen LogP contribution is -2.46. The Kier molecular flexibility index (Phi) is 7.20. The highest BCUT2D eigenvalue weighted by Crippen LogP contribution is 2.31. The number of carbonyl (C=O) groups excluding carboxylic acids is 2. The van der Waals surface area contributed by atoms with Gasteiger partial charge in [-0.05, 0) is 17.5 Å². The van der Waals surface area contributed by atoms with E-state index in [0.717, 1.165) is 6.42 Å². The number of methoxy groups -OCH3 is 1. The Labute approximate surface area is 166 Å². The van der Waals surface area contributed by atoms with Crippen molar-refractivity contribution in [3.05, 3.63) is 71.8 Å². The molecule has 1 heterocycles. The summed E-state index contributed by atoms with van der Waals surface area (Å²) >= 11 is 0. The molecule has 0 unspecified atom stereocenters. The molecule has 1 atom stereocenters. The van der Waals surface area contributed by atoms with E-state index < -0.39 is 0 Å². The van der Waals surface area contributed by atoms with E-state index in [-0.39, 0.29) is 36.7 Å². The van der Waals surface area contributed by atoms with Crippen LogP contribution in [0.25, 0.3) is 0 Å². The molecule has 1 saturated heterocycles. The maximum Gasteiger partial charge on any atom is 0.306 e. The van der Waals surface area contributed by atoms with Crippen LogP contribution in [0.2, 0.25) is 0 Å². The topological polar surface area (TPSA) is 55.8 Å². The van der Waals surface area contributed by atoms with Gasteiger partial charge in [0.25, 0.3) is 0 Å². The lowest BCUT2D eigenvalue weighted by Gasteiger charge is -2.35. The van der Waals surface area contributed by atoms with Gasteiger partial charge in [-0.3, -0.25) is 9.59 Å². The Morgan fingerprint density at radius 3 is 2.21 bits per heavy atom. The second-order valence-electron chi connectivity index (χ2n) is 7.02. The average Bonchev–Trinajstić information content (AvgIpc) is 2.77. The zero-order valence-electron chi connectivity index (χ0n) is 16.3. The molecule has 1 fully saturated rings. The number of benzene rings is 2. The predicted molar refractivity (Wildman–Crippen MR) is 107 cm³/mol. The van der Waals surface area contributed by atoms with Crippen molar-refractivity contribution in [1.29, 1.82) is 0 Å². The molecule has 5 heteroatoms. The van der Waals surface area contributed by atoms with Crippen LogP contribution in [0.4, 0.5) is 0 Å². The highest BCUT2D eigenvalue weighted by atomic mass is 16.5. The molecule has 1 aliphatic heterocycles. The van der Waals surface area contributed by atoms with E-state index in [4.69, 9.17) is 4.74 Å². The number of morpholine rings is 1. The molecule has 1 aliphatic rings. The molecule has 148 valence electrons. The van der Waals surface area contributed by atoms with E-state index in [1.165, 1.54) is 18.2 Å². The second-order valence-corrected chi connectivity index (χ2v) is 7.02. The first-order chi connectivity index (χ1) is 13.7. The summed E-state index contributed by atoms with van der Waals surface area (Å²) in [5.41, 5.74) is 2.48. The largest absolute Gasteiger partial charge is 0.469 e. The minimum absolute atomic E-state index is 0.0188. The van der Waals surface area contributed by atoms with Crippen molar-refractivity contribution < 1.29 is 19.1 Å². The van der Waals surface area contributed by atoms with E-state index in [1.807, 2.05) is 17.0 Å². The molecule has 0 spiro atoms. The minimum Gasteiger partial charge on any atom is -0.469 e. The van der Waals surface area contributed by atoms with Crippen LogP contribution in [0, 0.1) is 0 Å². The van der Waals surface area contributed by atoms with Crippen LogP contribution in [0.1, 0.15) is 36.3 Å². The molecule has 2 aromatic carbocycles. The summed E-state index contributed by atoms with van der Waals surface area (Å²) in [5, 5.41) is 0. The maximum absolute atomic E-state index is 12.5. The number of carbonyl (C=O) groups is 2. The SMILES string of the molecule is COC(=O)CCC(=O)N1CCO[C@@H](CC(c2ccccc2)c2ccccc2)C1. The third kappa shape index (κ3) is 5.42. The lowest BCUT2D eigenvalue weighted by molar-refractivity contribution is -0.146. The van der Waals surface area contributed by atoms with Gasteiger partial charge in [-0.15, -0.1) is 0 Å². The normalized spacial score (nSPS) is 16.8. The first-order valence-corrected chi connectivity index (χ1v) is 9.73. The summed E-state index contributed by atoms with van der Waals surface area (Å²) in [5.74, 6) is -0.168. The highest BCUT2D eigenvalue weighted by molar-refractivity contribution is 5.81. The third-order valence-electron chi connectivity index (χ3n) is 5.16. The molecule has 3 rings (SSSR count). The van der Waals surface area contributed by atoms with Crippen LogP contribution < -0.4 is 0 Å². The van der Waals surface area contributed by atoms with Gasteiger partial charge in [0, 0.05) is 25.4 Å². The van der Waals surface area contributed by atoms with Crippen molar-refractivity contribution in [2.45, 2.75) is 31.3 Å². The Morgan fingerprint density at radius 1 is 1.04 bits per heavy atom. The van der Waals surface area contributed by atoms with Gasteiger partial charge in [0.1, 0.15) is 0 Å². The quantitative estimate of drug-likeness (QED) is 0.690. The fourth-order valence-corrected chi connectivity index (χ4v) is 3.66. The number of ether oxygens (including phenoxy) is 2. The molecule has 0 aliphatic carbocycles. The third-order valence-corrected chi connectivity index (χ3v) is 5.16. The van der Waals surface area contributed by atoms with Gasteiger partial charge >= 0.3 is 5.97 Å². The molecular formula is C23H27NO4. The van der Waals surface area contributed by atoms with Crippen LogP contribution in [0.15, 0.2) is 60.7 Å². The van der Waals surface area contributed by atoms with Crippen LogP contribution in [-0.2, 0) is 19.1 Å². The molecular weight excluding hydrogens is 354 g/mol. The second kappa shape index (κ2) is 10.0. The van der Waals surface area contributed by atoms with Crippen LogP contribution in [-0.4, -0.2) is 49.7 Å². The van der Waals surface area contributed by atoms with Crippen LogP contribution in [0.5, 0.6) is 0 Å². The zero-order chi connectivity index (χ0) is 19.8. The Bertz CT molecular complexity index is 723. The molecule has 28 heavy (non-hydrogen) atoms. The van der Waals surface area contributed by atoms with Crippen molar-refractivity contribution in [2.24, 2.45) is 0 Å². The monoisotopic (exact) mass is 381 g/mol. The number of hydrogen-bond donors (Lipinski definition) is 0. The zero-order valence-corrected chi connectivity index (χ0v) is 16.3. The molecule has 0 aromatic heterocycles. The minimum atomic E-state index is -0.355. The fourth-order valence-electron chi connectivity index (χ4n) is 3.66. The van der Waals surface area contributed by atoms with Crippen molar-refractivity contribution in [1.82, 2.24) is 4.90 Å². The number of hydrogen-bond acceptors (Lipinski definition) is 4. The average molecular weight is 381 g/mol. The lowest BCUT2D eigenvalue weighted by atomic mass is 9.86. The summed E-state index contributed by atoms with van der Waals surface area (Å²) < 4.78 is 10.6. The van der Waals surface area contributed by atoms with E-state index in [9.17, 15) is 9.59 Å². The summed E-state index contributed by atoms with van der Waals surface area (Å²) in [7, 11) is 1.34. The number of amides is 1. The van der Waals surface area contributed by atoms with Crippen molar-refractivity contribution in [2.75, 3.05) is 26.8 Å². The summed E-state index contributed by atoms with van der Waals surface area (Å²) in [6, 6.07) is 20.8. The fraction of sp³-hybridized carbons (Fsp3) is 0.391. The van der Waals surface area contributed by atoms with Crippen molar-refractivity contribution in [3.8, 4) is 0 Å². The van der Waals surface area contributed by atoms with Gasteiger partial charge in [-0.1, -0.05) is 60.7 Å². The van der Waals surface area contributed by atoms with Gasteiger partial charge in [-0.2, -0.15) is 0 Å². The van der Waals surface area contributed by atoms with Crippen LogP contribution >= 0.6 is 0 Å². The smallest absolute Gasteiger partial charge is 0.306 e. The molecule has 0 N–H and O–H groups in total. The predicted octanol–water partition coefficient (Wildman–Crippen LogP) is 3.39. The Balaban J connectivity index is 1.67. The van der Waals surface area contributed by atoms with E-state index in [0.29, 0.717) is 19.7 Å². The van der Waals surface area contributed by atoms with Crippen molar-refractivity contribution in [3.63, 3.8) is 0 Å². The maximum atomic E-state index is 12.5. The standard InChI is InChI=1S/C23H27NO4/c1-27-23(26)13-12-22(25)24-14-15-28-20(17-24)16-21(18-8-4-2-5-9-18)19-10-6-3-7-11-19/h2-11,20-21H,12-17H2,1H3/t20-/m0/s1. The molecule has 0 saturated carbocycles.